The number of hydrogen-bond acceptors (Lipinski definition) is 3. The van der Waals surface area contributed by atoms with Crippen LogP contribution in [-0.2, 0) is 21.4 Å². The summed E-state index contributed by atoms with van der Waals surface area (Å²) in [6.45, 7) is 2.27. The minimum absolute atomic E-state index is 0.0456. The Balaban J connectivity index is 3.62. The van der Waals surface area contributed by atoms with Gasteiger partial charge in [-0.05, 0) is 45.9 Å². The van der Waals surface area contributed by atoms with E-state index in [1.807, 2.05) is 0 Å². The Hall–Kier alpha value is -1.67. The molecule has 4 nitrogen and oxygen atoms in total. The van der Waals surface area contributed by atoms with Crippen molar-refractivity contribution in [2.75, 3.05) is 6.61 Å². The van der Waals surface area contributed by atoms with E-state index in [-0.39, 0.29) is 18.2 Å². The zero-order valence-corrected chi connectivity index (χ0v) is 19.2. The second kappa shape index (κ2) is 10.4. The zero-order valence-electron chi connectivity index (χ0n) is 18.3. The van der Waals surface area contributed by atoms with Gasteiger partial charge in [-0.25, -0.2) is 13.3 Å². The molecule has 0 aliphatic heterocycles. The molecule has 1 atom stereocenters. The summed E-state index contributed by atoms with van der Waals surface area (Å²) in [6.07, 6.45) is -15.6. The number of benzene rings is 1. The Bertz CT molecular complexity index is 875. The van der Waals surface area contributed by atoms with E-state index in [9.17, 15) is 57.3 Å². The van der Waals surface area contributed by atoms with Crippen molar-refractivity contribution >= 4 is 7.75 Å². The van der Waals surface area contributed by atoms with Crippen LogP contribution < -0.4 is 4.52 Å². The molecule has 0 aliphatic carbocycles. The minimum atomic E-state index is -5.97. The van der Waals surface area contributed by atoms with Gasteiger partial charge in [0.15, 0.2) is 0 Å². The Labute approximate surface area is 191 Å². The lowest BCUT2D eigenvalue weighted by Gasteiger charge is -2.37. The molecule has 17 heteroatoms. The standard InChI is InChI=1S/C18H20F12NO3P/c1-9(2)31(10(3)4)35(32,33-8-15(21,22)16(23,24)14(19)20)34-13-6-11(17(25,26)27)5-12(7-13)18(28,29)30/h5-7,9-10,14H,8H2,1-4H3. The molecule has 0 saturated heterocycles. The summed E-state index contributed by atoms with van der Waals surface area (Å²) in [5.74, 6) is -13.0. The topological polar surface area (TPSA) is 38.8 Å². The maximum Gasteiger partial charge on any atom is 0.462 e. The highest BCUT2D eigenvalue weighted by molar-refractivity contribution is 7.51. The molecule has 0 aromatic heterocycles. The molecule has 204 valence electrons. The van der Waals surface area contributed by atoms with Crippen molar-refractivity contribution in [3.63, 3.8) is 0 Å². The molecule has 0 N–H and O–H groups in total. The molecule has 0 amide bonds. The van der Waals surface area contributed by atoms with Crippen LogP contribution in [0.1, 0.15) is 38.8 Å². The van der Waals surface area contributed by atoms with Crippen LogP contribution in [0.4, 0.5) is 52.7 Å². The van der Waals surface area contributed by atoms with E-state index in [2.05, 4.69) is 4.52 Å². The van der Waals surface area contributed by atoms with Gasteiger partial charge < -0.3 is 4.52 Å². The number of rotatable bonds is 10. The van der Waals surface area contributed by atoms with E-state index in [1.54, 1.807) is 0 Å². The average Bonchev–Trinajstić information content (AvgIpc) is 2.64. The second-order valence-electron chi connectivity index (χ2n) is 7.77. The van der Waals surface area contributed by atoms with Crippen LogP contribution in [0.15, 0.2) is 18.2 Å². The summed E-state index contributed by atoms with van der Waals surface area (Å²) in [7, 11) is -5.46. The predicted octanol–water partition coefficient (Wildman–Crippen LogP) is 7.88. The number of alkyl halides is 12. The highest BCUT2D eigenvalue weighted by atomic mass is 31.2. The largest absolute Gasteiger partial charge is 0.462 e. The fourth-order valence-electron chi connectivity index (χ4n) is 2.83. The average molecular weight is 557 g/mol. The monoisotopic (exact) mass is 557 g/mol. The highest BCUT2D eigenvalue weighted by Crippen LogP contribution is 2.56. The SMILES string of the molecule is CC(C)N(C(C)C)P(=O)(OCC(F)(F)C(F)(F)C(F)F)Oc1cc(C(F)(F)F)cc(C(F)(F)F)c1. The second-order valence-corrected chi connectivity index (χ2v) is 9.61. The maximum absolute atomic E-state index is 13.8. The lowest BCUT2D eigenvalue weighted by atomic mass is 10.1. The third-order valence-corrected chi connectivity index (χ3v) is 6.68. The number of nitrogens with zero attached hydrogens (tertiary/aromatic N) is 1. The molecule has 1 rings (SSSR count). The summed E-state index contributed by atoms with van der Waals surface area (Å²) in [5, 5.41) is 0. The highest BCUT2D eigenvalue weighted by Gasteiger charge is 2.64. The molecule has 0 radical (unpaired) electrons. The van der Waals surface area contributed by atoms with Crippen molar-refractivity contribution in [1.29, 1.82) is 0 Å². The van der Waals surface area contributed by atoms with E-state index >= 15 is 0 Å². The summed E-state index contributed by atoms with van der Waals surface area (Å²) < 4.78 is 180. The first kappa shape index (κ1) is 31.4. The number of hydrogen-bond donors (Lipinski definition) is 0. The predicted molar refractivity (Wildman–Crippen MR) is 98.6 cm³/mol. The van der Waals surface area contributed by atoms with Gasteiger partial charge in [-0.3, -0.25) is 4.52 Å². The van der Waals surface area contributed by atoms with Gasteiger partial charge in [0, 0.05) is 12.1 Å². The van der Waals surface area contributed by atoms with Gasteiger partial charge in [-0.1, -0.05) is 0 Å². The van der Waals surface area contributed by atoms with Gasteiger partial charge in [0.25, 0.3) is 0 Å². The first-order valence-electron chi connectivity index (χ1n) is 9.52. The van der Waals surface area contributed by atoms with Crippen LogP contribution >= 0.6 is 7.75 Å². The molecule has 0 saturated carbocycles. The quantitative estimate of drug-likeness (QED) is 0.217. The molecule has 1 aromatic carbocycles. The molecule has 35 heavy (non-hydrogen) atoms. The fraction of sp³-hybridized carbons (Fsp3) is 0.667. The Morgan fingerprint density at radius 3 is 1.51 bits per heavy atom. The van der Waals surface area contributed by atoms with E-state index in [0.29, 0.717) is 4.67 Å². The van der Waals surface area contributed by atoms with Crippen molar-refractivity contribution in [2.24, 2.45) is 0 Å². The lowest BCUT2D eigenvalue weighted by Crippen LogP contribution is -2.49. The molecular weight excluding hydrogens is 537 g/mol. The Morgan fingerprint density at radius 1 is 0.800 bits per heavy atom. The molecule has 0 bridgehead atoms. The van der Waals surface area contributed by atoms with Crippen molar-refractivity contribution in [3.8, 4) is 5.75 Å². The van der Waals surface area contributed by atoms with Crippen molar-refractivity contribution in [3.05, 3.63) is 29.3 Å². The lowest BCUT2D eigenvalue weighted by molar-refractivity contribution is -0.272. The van der Waals surface area contributed by atoms with Gasteiger partial charge in [0.05, 0.1) is 11.1 Å². The Morgan fingerprint density at radius 2 is 1.20 bits per heavy atom. The molecular formula is C18H20F12NO3P. The van der Waals surface area contributed by atoms with Crippen molar-refractivity contribution in [1.82, 2.24) is 4.67 Å². The summed E-state index contributed by atoms with van der Waals surface area (Å²) >= 11 is 0. The maximum atomic E-state index is 13.8. The van der Waals surface area contributed by atoms with Gasteiger partial charge in [-0.15, -0.1) is 0 Å². The zero-order chi connectivity index (χ0) is 27.8. The van der Waals surface area contributed by atoms with Gasteiger partial charge in [0.2, 0.25) is 0 Å². The third-order valence-electron chi connectivity index (χ3n) is 4.29. The van der Waals surface area contributed by atoms with Gasteiger partial charge in [-0.2, -0.15) is 48.6 Å². The van der Waals surface area contributed by atoms with E-state index in [4.69, 9.17) is 4.52 Å². The fourth-order valence-corrected chi connectivity index (χ4v) is 4.94. The van der Waals surface area contributed by atoms with E-state index in [0.717, 1.165) is 0 Å². The van der Waals surface area contributed by atoms with Crippen molar-refractivity contribution in [2.45, 2.75) is 70.4 Å². The summed E-state index contributed by atoms with van der Waals surface area (Å²) in [5.41, 5.74) is -3.85. The first-order valence-corrected chi connectivity index (χ1v) is 11.0. The van der Waals surface area contributed by atoms with Crippen LogP contribution in [0.2, 0.25) is 0 Å². The normalized spacial score (nSPS) is 15.9. The minimum Gasteiger partial charge on any atom is -0.413 e. The Kier molecular flexibility index (Phi) is 9.29. The number of halogens is 12. The summed E-state index contributed by atoms with van der Waals surface area (Å²) in [6, 6.07) is -2.46. The molecule has 0 fully saturated rings. The van der Waals surface area contributed by atoms with E-state index in [1.165, 1.54) is 27.7 Å². The van der Waals surface area contributed by atoms with Gasteiger partial charge >= 0.3 is 38.4 Å². The van der Waals surface area contributed by atoms with Crippen LogP contribution in [0.25, 0.3) is 0 Å². The van der Waals surface area contributed by atoms with Crippen LogP contribution in [0.3, 0.4) is 0 Å². The molecule has 1 unspecified atom stereocenters. The summed E-state index contributed by atoms with van der Waals surface area (Å²) in [4.78, 5) is 0. The molecule has 0 spiro atoms. The van der Waals surface area contributed by atoms with Crippen LogP contribution in [0.5, 0.6) is 5.75 Å². The van der Waals surface area contributed by atoms with Gasteiger partial charge in [0.1, 0.15) is 12.4 Å². The third kappa shape index (κ3) is 7.42. The van der Waals surface area contributed by atoms with Crippen molar-refractivity contribution < 1.29 is 66.3 Å². The van der Waals surface area contributed by atoms with Crippen LogP contribution in [0, 0.1) is 0 Å². The van der Waals surface area contributed by atoms with E-state index < -0.39 is 73.9 Å². The molecule has 1 aromatic rings. The molecule has 0 aliphatic rings. The molecule has 0 heterocycles. The van der Waals surface area contributed by atoms with Crippen LogP contribution in [-0.4, -0.2) is 41.6 Å². The smallest absolute Gasteiger partial charge is 0.413 e. The first-order chi connectivity index (χ1) is 15.5.